The molecule has 0 spiro atoms. The molecular formula is C12H16ClNO. The van der Waals surface area contributed by atoms with Gasteiger partial charge >= 0.3 is 0 Å². The van der Waals surface area contributed by atoms with Crippen LogP contribution in [0.25, 0.3) is 0 Å². The van der Waals surface area contributed by atoms with Gasteiger partial charge in [-0.25, -0.2) is 0 Å². The van der Waals surface area contributed by atoms with Gasteiger partial charge in [-0.15, -0.1) is 0 Å². The lowest BCUT2D eigenvalue weighted by atomic mass is 9.99. The van der Waals surface area contributed by atoms with Crippen molar-refractivity contribution in [3.05, 3.63) is 28.3 Å². The molecule has 0 heterocycles. The maximum absolute atomic E-state index is 6.23. The van der Waals surface area contributed by atoms with Crippen molar-refractivity contribution in [1.82, 2.24) is 0 Å². The highest BCUT2D eigenvalue weighted by Gasteiger charge is 2.18. The summed E-state index contributed by atoms with van der Waals surface area (Å²) in [5, 5.41) is 0.793. The van der Waals surface area contributed by atoms with Crippen LogP contribution >= 0.6 is 11.6 Å². The summed E-state index contributed by atoms with van der Waals surface area (Å²) in [4.78, 5) is 0. The number of hydrogen-bond donors (Lipinski definition) is 1. The minimum Gasteiger partial charge on any atom is -0.497 e. The lowest BCUT2D eigenvalue weighted by molar-refractivity contribution is 0.413. The van der Waals surface area contributed by atoms with Gasteiger partial charge in [0.2, 0.25) is 0 Å². The number of benzene rings is 1. The maximum atomic E-state index is 6.23. The van der Waals surface area contributed by atoms with Crippen LogP contribution in [-0.4, -0.2) is 7.11 Å². The molecule has 15 heavy (non-hydrogen) atoms. The molecule has 1 aliphatic rings. The van der Waals surface area contributed by atoms with E-state index in [0.717, 1.165) is 29.2 Å². The van der Waals surface area contributed by atoms with Gasteiger partial charge in [-0.3, -0.25) is 0 Å². The Bertz CT molecular complexity index is 365. The van der Waals surface area contributed by atoms with Gasteiger partial charge in [0, 0.05) is 11.1 Å². The second-order valence-corrected chi connectivity index (χ2v) is 4.44. The first-order valence-corrected chi connectivity index (χ1v) is 5.72. The van der Waals surface area contributed by atoms with E-state index < -0.39 is 0 Å². The summed E-state index contributed by atoms with van der Waals surface area (Å²) in [6, 6.07) is 4.01. The smallest absolute Gasteiger partial charge is 0.120 e. The number of hydrogen-bond acceptors (Lipinski definition) is 2. The van der Waals surface area contributed by atoms with E-state index in [1.165, 1.54) is 18.4 Å². The largest absolute Gasteiger partial charge is 0.497 e. The van der Waals surface area contributed by atoms with Crippen molar-refractivity contribution in [1.29, 1.82) is 0 Å². The van der Waals surface area contributed by atoms with Crippen LogP contribution in [0.3, 0.4) is 0 Å². The summed E-state index contributed by atoms with van der Waals surface area (Å²) in [6.45, 7) is 0. The monoisotopic (exact) mass is 225 g/mol. The first-order chi connectivity index (χ1) is 7.22. The predicted octanol–water partition coefficient (Wildman–Crippen LogP) is 3.07. The van der Waals surface area contributed by atoms with Crippen molar-refractivity contribution in [3.8, 4) is 5.75 Å². The summed E-state index contributed by atoms with van der Waals surface area (Å²) < 4.78 is 5.21. The molecule has 1 aromatic carbocycles. The van der Waals surface area contributed by atoms with Gasteiger partial charge in [0.25, 0.3) is 0 Å². The molecule has 82 valence electrons. The molecule has 0 fully saturated rings. The summed E-state index contributed by atoms with van der Waals surface area (Å²) in [5.74, 6) is 0.802. The fourth-order valence-electron chi connectivity index (χ4n) is 2.17. The molecule has 1 atom stereocenters. The van der Waals surface area contributed by atoms with Gasteiger partial charge in [0.05, 0.1) is 7.11 Å². The van der Waals surface area contributed by atoms with Gasteiger partial charge in [0.15, 0.2) is 0 Å². The van der Waals surface area contributed by atoms with Crippen molar-refractivity contribution in [2.45, 2.75) is 31.7 Å². The highest BCUT2D eigenvalue weighted by molar-refractivity contribution is 6.31. The molecule has 3 heteroatoms. The lowest BCUT2D eigenvalue weighted by Gasteiger charge is -2.15. The van der Waals surface area contributed by atoms with Crippen LogP contribution in [0, 0.1) is 0 Å². The summed E-state index contributed by atoms with van der Waals surface area (Å²) in [5.41, 5.74) is 8.50. The van der Waals surface area contributed by atoms with Gasteiger partial charge in [-0.05, 0) is 42.5 Å². The van der Waals surface area contributed by atoms with Crippen molar-refractivity contribution in [2.75, 3.05) is 7.11 Å². The van der Waals surface area contributed by atoms with Crippen LogP contribution in [-0.2, 0) is 6.42 Å². The third kappa shape index (κ3) is 2.11. The molecule has 0 aromatic heterocycles. The first-order valence-electron chi connectivity index (χ1n) is 5.34. The average molecular weight is 226 g/mol. The predicted molar refractivity (Wildman–Crippen MR) is 62.5 cm³/mol. The van der Waals surface area contributed by atoms with Crippen molar-refractivity contribution < 1.29 is 4.74 Å². The minimum absolute atomic E-state index is 0.107. The molecule has 0 saturated carbocycles. The fourth-order valence-corrected chi connectivity index (χ4v) is 2.48. The van der Waals surface area contributed by atoms with Gasteiger partial charge in [-0.1, -0.05) is 18.0 Å². The van der Waals surface area contributed by atoms with E-state index in [0.29, 0.717) is 0 Å². The van der Waals surface area contributed by atoms with Gasteiger partial charge in [-0.2, -0.15) is 0 Å². The second kappa shape index (κ2) is 4.42. The zero-order valence-electron chi connectivity index (χ0n) is 8.92. The van der Waals surface area contributed by atoms with E-state index in [1.54, 1.807) is 7.11 Å². The molecule has 1 aliphatic carbocycles. The van der Waals surface area contributed by atoms with Crippen LogP contribution in [0.5, 0.6) is 5.75 Å². The van der Waals surface area contributed by atoms with Crippen LogP contribution in [0.2, 0.25) is 5.02 Å². The SMILES string of the molecule is COc1cc(Cl)c2c(c1)C(N)CCCC2. The Labute approximate surface area is 95.4 Å². The van der Waals surface area contributed by atoms with Crippen molar-refractivity contribution in [3.63, 3.8) is 0 Å². The Morgan fingerprint density at radius 1 is 1.40 bits per heavy atom. The highest BCUT2D eigenvalue weighted by Crippen LogP contribution is 2.34. The summed E-state index contributed by atoms with van der Waals surface area (Å²) in [6.07, 6.45) is 4.42. The molecule has 0 amide bonds. The van der Waals surface area contributed by atoms with E-state index in [9.17, 15) is 0 Å². The Balaban J connectivity index is 2.50. The number of methoxy groups -OCH3 is 1. The lowest BCUT2D eigenvalue weighted by Crippen LogP contribution is -2.10. The molecule has 2 N–H and O–H groups in total. The first kappa shape index (κ1) is 10.8. The summed E-state index contributed by atoms with van der Waals surface area (Å²) >= 11 is 6.23. The molecule has 1 unspecified atom stereocenters. The molecule has 0 radical (unpaired) electrons. The maximum Gasteiger partial charge on any atom is 0.120 e. The topological polar surface area (TPSA) is 35.2 Å². The van der Waals surface area contributed by atoms with Crippen LogP contribution in [0.15, 0.2) is 12.1 Å². The molecular weight excluding hydrogens is 210 g/mol. The molecule has 1 aromatic rings. The molecule has 2 nitrogen and oxygen atoms in total. The number of ether oxygens (including phenoxy) is 1. The van der Waals surface area contributed by atoms with E-state index in [1.807, 2.05) is 12.1 Å². The average Bonchev–Trinajstić information content (AvgIpc) is 2.41. The van der Waals surface area contributed by atoms with Crippen molar-refractivity contribution >= 4 is 11.6 Å². The highest BCUT2D eigenvalue weighted by atomic mass is 35.5. The number of halogens is 1. The Morgan fingerprint density at radius 3 is 2.93 bits per heavy atom. The third-order valence-electron chi connectivity index (χ3n) is 3.03. The molecule has 0 bridgehead atoms. The van der Waals surface area contributed by atoms with E-state index in [4.69, 9.17) is 22.1 Å². The normalized spacial score (nSPS) is 20.6. The van der Waals surface area contributed by atoms with E-state index in [2.05, 4.69) is 0 Å². The zero-order valence-corrected chi connectivity index (χ0v) is 9.68. The van der Waals surface area contributed by atoms with Crippen LogP contribution in [0.4, 0.5) is 0 Å². The van der Waals surface area contributed by atoms with E-state index >= 15 is 0 Å². The quantitative estimate of drug-likeness (QED) is 0.746. The molecule has 0 saturated heterocycles. The Hall–Kier alpha value is -0.730. The van der Waals surface area contributed by atoms with Crippen molar-refractivity contribution in [2.24, 2.45) is 5.73 Å². The number of nitrogens with two attached hydrogens (primary N) is 1. The standard InChI is InChI=1S/C12H16ClNO/c1-15-8-6-10-9(11(13)7-8)4-2-3-5-12(10)14/h6-7,12H,2-5,14H2,1H3. The van der Waals surface area contributed by atoms with Crippen LogP contribution in [0.1, 0.15) is 36.4 Å². The number of rotatable bonds is 1. The molecule has 2 rings (SSSR count). The van der Waals surface area contributed by atoms with Crippen LogP contribution < -0.4 is 10.5 Å². The van der Waals surface area contributed by atoms with Gasteiger partial charge < -0.3 is 10.5 Å². The Kier molecular flexibility index (Phi) is 3.17. The fraction of sp³-hybridized carbons (Fsp3) is 0.500. The summed E-state index contributed by atoms with van der Waals surface area (Å²) in [7, 11) is 1.65. The van der Waals surface area contributed by atoms with Gasteiger partial charge in [0.1, 0.15) is 5.75 Å². The minimum atomic E-state index is 0.107. The second-order valence-electron chi connectivity index (χ2n) is 4.03. The number of fused-ring (bicyclic) bond motifs is 1. The van der Waals surface area contributed by atoms with E-state index in [-0.39, 0.29) is 6.04 Å². The Morgan fingerprint density at radius 2 is 2.20 bits per heavy atom. The third-order valence-corrected chi connectivity index (χ3v) is 3.37. The molecule has 0 aliphatic heterocycles. The zero-order chi connectivity index (χ0) is 10.8.